The van der Waals surface area contributed by atoms with E-state index >= 15 is 0 Å². The standard InChI is InChI=1S/C12H27NO2/c1-10(2)6-5-7-13(8-11(3)14)9-12(4)15/h10-12,14-15H,5-9H2,1-4H3. The van der Waals surface area contributed by atoms with Crippen LogP contribution in [-0.2, 0) is 0 Å². The Balaban J connectivity index is 3.79. The second-order valence-corrected chi connectivity index (χ2v) is 4.99. The Morgan fingerprint density at radius 1 is 0.933 bits per heavy atom. The average molecular weight is 217 g/mol. The van der Waals surface area contributed by atoms with Crippen LogP contribution < -0.4 is 0 Å². The normalized spacial score (nSPS) is 16.0. The molecule has 3 nitrogen and oxygen atoms in total. The van der Waals surface area contributed by atoms with Crippen molar-refractivity contribution in [1.29, 1.82) is 0 Å². The Morgan fingerprint density at radius 2 is 1.40 bits per heavy atom. The third-order valence-corrected chi connectivity index (χ3v) is 2.30. The number of nitrogens with zero attached hydrogens (tertiary/aromatic N) is 1. The highest BCUT2D eigenvalue weighted by Gasteiger charge is 2.10. The van der Waals surface area contributed by atoms with Crippen LogP contribution in [0.4, 0.5) is 0 Å². The summed E-state index contributed by atoms with van der Waals surface area (Å²) in [4.78, 5) is 2.14. The molecule has 2 unspecified atom stereocenters. The predicted molar refractivity (Wildman–Crippen MR) is 63.9 cm³/mol. The fourth-order valence-corrected chi connectivity index (χ4v) is 1.73. The largest absolute Gasteiger partial charge is 0.392 e. The molecule has 0 radical (unpaired) electrons. The van der Waals surface area contributed by atoms with Crippen molar-refractivity contribution >= 4 is 0 Å². The first-order valence-electron chi connectivity index (χ1n) is 6.00. The van der Waals surface area contributed by atoms with Crippen molar-refractivity contribution in [1.82, 2.24) is 4.90 Å². The van der Waals surface area contributed by atoms with Crippen molar-refractivity contribution in [3.8, 4) is 0 Å². The van der Waals surface area contributed by atoms with Gasteiger partial charge in [-0.2, -0.15) is 0 Å². The summed E-state index contributed by atoms with van der Waals surface area (Å²) in [5.74, 6) is 0.727. The molecule has 15 heavy (non-hydrogen) atoms. The van der Waals surface area contributed by atoms with Gasteiger partial charge in [0.1, 0.15) is 0 Å². The summed E-state index contributed by atoms with van der Waals surface area (Å²) in [5, 5.41) is 18.6. The molecule has 0 heterocycles. The molecule has 0 aromatic heterocycles. The van der Waals surface area contributed by atoms with Crippen LogP contribution in [0.25, 0.3) is 0 Å². The maximum atomic E-state index is 9.32. The molecule has 92 valence electrons. The third-order valence-electron chi connectivity index (χ3n) is 2.30. The van der Waals surface area contributed by atoms with Crippen LogP contribution in [0, 0.1) is 5.92 Å². The number of aliphatic hydroxyl groups is 2. The van der Waals surface area contributed by atoms with Gasteiger partial charge in [0.05, 0.1) is 12.2 Å². The minimum absolute atomic E-state index is 0.317. The molecular formula is C12H27NO2. The summed E-state index contributed by atoms with van der Waals surface area (Å²) < 4.78 is 0. The molecular weight excluding hydrogens is 190 g/mol. The molecule has 0 amide bonds. The van der Waals surface area contributed by atoms with E-state index in [1.807, 2.05) is 0 Å². The van der Waals surface area contributed by atoms with Gasteiger partial charge in [-0.1, -0.05) is 13.8 Å². The van der Waals surface area contributed by atoms with E-state index in [0.29, 0.717) is 13.1 Å². The van der Waals surface area contributed by atoms with Gasteiger partial charge >= 0.3 is 0 Å². The molecule has 0 saturated heterocycles. The number of aliphatic hydroxyl groups excluding tert-OH is 2. The van der Waals surface area contributed by atoms with E-state index < -0.39 is 0 Å². The molecule has 0 saturated carbocycles. The summed E-state index contributed by atoms with van der Waals surface area (Å²) in [6.45, 7) is 10.3. The van der Waals surface area contributed by atoms with E-state index in [0.717, 1.165) is 18.9 Å². The minimum atomic E-state index is -0.317. The average Bonchev–Trinajstić information content (AvgIpc) is 2.00. The summed E-state index contributed by atoms with van der Waals surface area (Å²) in [7, 11) is 0. The van der Waals surface area contributed by atoms with Gasteiger partial charge in [-0.15, -0.1) is 0 Å². The van der Waals surface area contributed by atoms with Crippen LogP contribution in [-0.4, -0.2) is 47.0 Å². The Kier molecular flexibility index (Phi) is 8.02. The SMILES string of the molecule is CC(C)CCCN(CC(C)O)CC(C)O. The van der Waals surface area contributed by atoms with E-state index in [9.17, 15) is 10.2 Å². The van der Waals surface area contributed by atoms with Crippen LogP contribution in [0.2, 0.25) is 0 Å². The lowest BCUT2D eigenvalue weighted by atomic mass is 10.1. The van der Waals surface area contributed by atoms with Gasteiger partial charge in [-0.25, -0.2) is 0 Å². The first-order valence-corrected chi connectivity index (χ1v) is 6.00. The molecule has 0 fully saturated rings. The molecule has 0 rings (SSSR count). The Labute approximate surface area is 94.1 Å². The first kappa shape index (κ1) is 14.9. The summed E-state index contributed by atoms with van der Waals surface area (Å²) in [6.07, 6.45) is 1.71. The van der Waals surface area contributed by atoms with Crippen molar-refractivity contribution < 1.29 is 10.2 Å². The van der Waals surface area contributed by atoms with Gasteiger partial charge < -0.3 is 10.2 Å². The zero-order valence-corrected chi connectivity index (χ0v) is 10.6. The molecule has 2 atom stereocenters. The molecule has 3 heteroatoms. The molecule has 0 bridgehead atoms. The van der Waals surface area contributed by atoms with Gasteiger partial charge in [0.15, 0.2) is 0 Å². The molecule has 0 aromatic carbocycles. The summed E-state index contributed by atoms with van der Waals surface area (Å²) in [5.41, 5.74) is 0. The van der Waals surface area contributed by atoms with Gasteiger partial charge in [0, 0.05) is 13.1 Å². The van der Waals surface area contributed by atoms with Gasteiger partial charge in [0.25, 0.3) is 0 Å². The van der Waals surface area contributed by atoms with Gasteiger partial charge in [0.2, 0.25) is 0 Å². The molecule has 0 spiro atoms. The van der Waals surface area contributed by atoms with Crippen molar-refractivity contribution in [2.45, 2.75) is 52.7 Å². The van der Waals surface area contributed by atoms with E-state index in [1.165, 1.54) is 6.42 Å². The number of rotatable bonds is 8. The van der Waals surface area contributed by atoms with Crippen LogP contribution in [0.3, 0.4) is 0 Å². The molecule has 2 N–H and O–H groups in total. The van der Waals surface area contributed by atoms with Crippen LogP contribution in [0.15, 0.2) is 0 Å². The topological polar surface area (TPSA) is 43.7 Å². The monoisotopic (exact) mass is 217 g/mol. The Morgan fingerprint density at radius 3 is 1.73 bits per heavy atom. The Hall–Kier alpha value is -0.120. The summed E-state index contributed by atoms with van der Waals surface area (Å²) >= 11 is 0. The smallest absolute Gasteiger partial charge is 0.0639 e. The number of hydrogen-bond acceptors (Lipinski definition) is 3. The van der Waals surface area contributed by atoms with Gasteiger partial charge in [-0.3, -0.25) is 4.90 Å². The quantitative estimate of drug-likeness (QED) is 0.647. The zero-order chi connectivity index (χ0) is 11.8. The van der Waals surface area contributed by atoms with Gasteiger partial charge in [-0.05, 0) is 39.2 Å². The maximum absolute atomic E-state index is 9.32. The highest BCUT2D eigenvalue weighted by atomic mass is 16.3. The first-order chi connectivity index (χ1) is 6.91. The number of hydrogen-bond donors (Lipinski definition) is 2. The molecule has 0 aliphatic heterocycles. The lowest BCUT2D eigenvalue weighted by molar-refractivity contribution is 0.0821. The molecule has 0 aliphatic rings. The Bertz CT molecular complexity index is 137. The van der Waals surface area contributed by atoms with E-state index in [4.69, 9.17) is 0 Å². The van der Waals surface area contributed by atoms with Crippen LogP contribution >= 0.6 is 0 Å². The van der Waals surface area contributed by atoms with E-state index in [-0.39, 0.29) is 12.2 Å². The molecule has 0 aliphatic carbocycles. The fourth-order valence-electron chi connectivity index (χ4n) is 1.73. The predicted octanol–water partition coefficient (Wildman–Crippen LogP) is 1.49. The second-order valence-electron chi connectivity index (χ2n) is 4.99. The van der Waals surface area contributed by atoms with Crippen LogP contribution in [0.5, 0.6) is 0 Å². The molecule has 0 aromatic rings. The van der Waals surface area contributed by atoms with E-state index in [2.05, 4.69) is 18.7 Å². The minimum Gasteiger partial charge on any atom is -0.392 e. The zero-order valence-electron chi connectivity index (χ0n) is 10.6. The van der Waals surface area contributed by atoms with Crippen molar-refractivity contribution in [2.24, 2.45) is 5.92 Å². The van der Waals surface area contributed by atoms with Crippen molar-refractivity contribution in [3.05, 3.63) is 0 Å². The van der Waals surface area contributed by atoms with Crippen molar-refractivity contribution in [3.63, 3.8) is 0 Å². The third kappa shape index (κ3) is 10.2. The highest BCUT2D eigenvalue weighted by Crippen LogP contribution is 2.06. The lowest BCUT2D eigenvalue weighted by Gasteiger charge is -2.25. The second kappa shape index (κ2) is 8.08. The highest BCUT2D eigenvalue weighted by molar-refractivity contribution is 4.64. The fraction of sp³-hybridized carbons (Fsp3) is 1.00. The maximum Gasteiger partial charge on any atom is 0.0639 e. The van der Waals surface area contributed by atoms with Crippen molar-refractivity contribution in [2.75, 3.05) is 19.6 Å². The summed E-state index contributed by atoms with van der Waals surface area (Å²) in [6, 6.07) is 0. The van der Waals surface area contributed by atoms with Crippen LogP contribution in [0.1, 0.15) is 40.5 Å². The van der Waals surface area contributed by atoms with E-state index in [1.54, 1.807) is 13.8 Å². The lowest BCUT2D eigenvalue weighted by Crippen LogP contribution is -2.37.